The Bertz CT molecular complexity index is 1500. The first-order valence-corrected chi connectivity index (χ1v) is 14.7. The Balaban J connectivity index is 1.22. The topological polar surface area (TPSA) is 56.8 Å². The van der Waals surface area contributed by atoms with Crippen LogP contribution in [0.2, 0.25) is 0 Å². The number of halogens is 1. The number of aromatic nitrogens is 2. The summed E-state index contributed by atoms with van der Waals surface area (Å²) in [6, 6.07) is 19.2. The van der Waals surface area contributed by atoms with Gasteiger partial charge in [0.2, 0.25) is 0 Å². The van der Waals surface area contributed by atoms with Crippen molar-refractivity contribution < 1.29 is 9.13 Å². The fraction of sp³-hybridized carbons (Fsp3) is 0.438. The van der Waals surface area contributed by atoms with Crippen LogP contribution in [0.25, 0.3) is 32.8 Å². The third kappa shape index (κ3) is 5.00. The van der Waals surface area contributed by atoms with Crippen LogP contribution < -0.4 is 15.0 Å². The molecule has 3 aromatic carbocycles. The van der Waals surface area contributed by atoms with E-state index in [1.807, 2.05) is 42.5 Å². The predicted molar refractivity (Wildman–Crippen MR) is 159 cm³/mol. The minimum absolute atomic E-state index is 0.265. The monoisotopic (exact) mass is 540 g/mol. The molecule has 2 unspecified atom stereocenters. The molecular weight excluding hydrogens is 503 g/mol. The summed E-state index contributed by atoms with van der Waals surface area (Å²) in [5, 5.41) is 6.54. The van der Waals surface area contributed by atoms with E-state index in [4.69, 9.17) is 9.72 Å². The molecule has 208 valence electrons. The first kappa shape index (κ1) is 25.6. The van der Waals surface area contributed by atoms with Gasteiger partial charge in [-0.2, -0.15) is 9.97 Å². The number of hydrogen-bond acceptors (Lipinski definition) is 7. The van der Waals surface area contributed by atoms with Crippen molar-refractivity contribution in [2.24, 2.45) is 0 Å². The number of rotatable bonds is 7. The molecule has 0 spiro atoms. The van der Waals surface area contributed by atoms with Crippen molar-refractivity contribution in [1.29, 1.82) is 0 Å². The molecule has 3 aliphatic heterocycles. The summed E-state index contributed by atoms with van der Waals surface area (Å²) in [5.41, 5.74) is 1.75. The molecule has 7 nitrogen and oxygen atoms in total. The Kier molecular flexibility index (Phi) is 6.99. The van der Waals surface area contributed by atoms with E-state index in [1.54, 1.807) is 0 Å². The van der Waals surface area contributed by atoms with Crippen LogP contribution >= 0.6 is 0 Å². The van der Waals surface area contributed by atoms with E-state index >= 15 is 4.39 Å². The van der Waals surface area contributed by atoms with Crippen LogP contribution in [0.4, 0.5) is 10.2 Å². The molecule has 0 radical (unpaired) electrons. The lowest BCUT2D eigenvalue weighted by atomic mass is 9.97. The Morgan fingerprint density at radius 3 is 2.48 bits per heavy atom. The first-order valence-electron chi connectivity index (χ1n) is 14.7. The van der Waals surface area contributed by atoms with Crippen molar-refractivity contribution in [3.8, 4) is 17.1 Å². The van der Waals surface area contributed by atoms with Crippen LogP contribution in [0, 0.1) is 5.82 Å². The average Bonchev–Trinajstić information content (AvgIpc) is 3.33. The van der Waals surface area contributed by atoms with Gasteiger partial charge >= 0.3 is 6.01 Å². The molecule has 1 N–H and O–H groups in total. The summed E-state index contributed by atoms with van der Waals surface area (Å²) < 4.78 is 22.6. The number of hydrogen-bond donors (Lipinski definition) is 1. The summed E-state index contributed by atoms with van der Waals surface area (Å²) in [6.45, 7) is 7.58. The molecule has 0 amide bonds. The van der Waals surface area contributed by atoms with Crippen molar-refractivity contribution in [1.82, 2.24) is 25.1 Å². The highest BCUT2D eigenvalue weighted by Gasteiger charge is 2.34. The molecule has 3 aliphatic rings. The molecule has 4 aromatic rings. The highest BCUT2D eigenvalue weighted by atomic mass is 19.1. The quantitative estimate of drug-likeness (QED) is 0.345. The fourth-order valence-corrected chi connectivity index (χ4v) is 6.59. The number of fused-ring (bicyclic) bond motifs is 4. The Morgan fingerprint density at radius 1 is 0.875 bits per heavy atom. The summed E-state index contributed by atoms with van der Waals surface area (Å²) in [6.07, 6.45) is 3.22. The molecule has 8 heteroatoms. The second kappa shape index (κ2) is 10.9. The summed E-state index contributed by atoms with van der Waals surface area (Å²) in [7, 11) is 2.17. The van der Waals surface area contributed by atoms with Crippen LogP contribution in [0.1, 0.15) is 19.3 Å². The Labute approximate surface area is 234 Å². The predicted octanol–water partition coefficient (Wildman–Crippen LogP) is 4.55. The van der Waals surface area contributed by atoms with Crippen molar-refractivity contribution in [2.45, 2.75) is 31.3 Å². The van der Waals surface area contributed by atoms with Gasteiger partial charge in [-0.1, -0.05) is 48.5 Å². The largest absolute Gasteiger partial charge is 0.463 e. The molecule has 40 heavy (non-hydrogen) atoms. The van der Waals surface area contributed by atoms with Crippen molar-refractivity contribution in [3.05, 3.63) is 60.4 Å². The van der Waals surface area contributed by atoms with Crippen LogP contribution in [-0.2, 0) is 0 Å². The normalized spacial score (nSPS) is 21.9. The van der Waals surface area contributed by atoms with Gasteiger partial charge < -0.3 is 24.8 Å². The number of likely N-dealkylation sites (N-methyl/N-ethyl adjacent to an activating group) is 1. The minimum atomic E-state index is -0.321. The molecule has 1 aromatic heterocycles. The van der Waals surface area contributed by atoms with E-state index in [-0.39, 0.29) is 11.8 Å². The second-order valence-electron chi connectivity index (χ2n) is 11.6. The number of nitrogens with zero attached hydrogens (tertiary/aromatic N) is 5. The average molecular weight is 541 g/mol. The second-order valence-corrected chi connectivity index (χ2v) is 11.6. The first-order chi connectivity index (χ1) is 19.6. The standard InChI is InChI=1S/C32H37FN6O/c1-37-15-17-38(18-16-37)14-5-19-40-32-35-30-28(31(36-32)39-20-23-10-11-24(21-39)34-23)13-12-27(29(30)33)26-9-4-7-22-6-2-3-8-25(22)26/h2-4,6-9,12-13,23-24,34H,5,10-11,14-21H2,1H3. The minimum Gasteiger partial charge on any atom is -0.463 e. The van der Waals surface area contributed by atoms with Gasteiger partial charge in [0.25, 0.3) is 0 Å². The lowest BCUT2D eigenvalue weighted by molar-refractivity contribution is 0.144. The maximum Gasteiger partial charge on any atom is 0.319 e. The van der Waals surface area contributed by atoms with Gasteiger partial charge in [-0.15, -0.1) is 0 Å². The zero-order valence-corrected chi connectivity index (χ0v) is 23.2. The van der Waals surface area contributed by atoms with Gasteiger partial charge in [0.15, 0.2) is 5.82 Å². The van der Waals surface area contributed by atoms with Crippen LogP contribution in [0.5, 0.6) is 6.01 Å². The van der Waals surface area contributed by atoms with Gasteiger partial charge in [-0.3, -0.25) is 0 Å². The number of piperazine rings is 2. The van der Waals surface area contributed by atoms with Gasteiger partial charge in [-0.25, -0.2) is 4.39 Å². The number of benzene rings is 3. The molecule has 0 aliphatic carbocycles. The zero-order chi connectivity index (χ0) is 27.1. The third-order valence-electron chi connectivity index (χ3n) is 8.81. The maximum absolute atomic E-state index is 16.5. The highest BCUT2D eigenvalue weighted by molar-refractivity contribution is 6.00. The summed E-state index contributed by atoms with van der Waals surface area (Å²) in [5.74, 6) is 0.457. The van der Waals surface area contributed by atoms with E-state index in [9.17, 15) is 0 Å². The maximum atomic E-state index is 16.5. The fourth-order valence-electron chi connectivity index (χ4n) is 6.59. The van der Waals surface area contributed by atoms with Gasteiger partial charge in [0, 0.05) is 68.8 Å². The van der Waals surface area contributed by atoms with E-state index in [2.05, 4.69) is 44.2 Å². The van der Waals surface area contributed by atoms with Crippen LogP contribution in [0.15, 0.2) is 54.6 Å². The lowest BCUT2D eigenvalue weighted by Crippen LogP contribution is -2.51. The molecule has 2 atom stereocenters. The van der Waals surface area contributed by atoms with E-state index in [0.29, 0.717) is 29.8 Å². The molecule has 3 fully saturated rings. The van der Waals surface area contributed by atoms with Crippen LogP contribution in [-0.4, -0.2) is 91.3 Å². The van der Waals surface area contributed by atoms with Gasteiger partial charge in [-0.05, 0) is 48.7 Å². The van der Waals surface area contributed by atoms with Crippen LogP contribution in [0.3, 0.4) is 0 Å². The molecular formula is C32H37FN6O. The van der Waals surface area contributed by atoms with Crippen molar-refractivity contribution >= 4 is 27.5 Å². The Hall–Kier alpha value is -3.33. The molecule has 3 saturated heterocycles. The number of anilines is 1. The smallest absolute Gasteiger partial charge is 0.319 e. The van der Waals surface area contributed by atoms with E-state index < -0.39 is 0 Å². The van der Waals surface area contributed by atoms with Gasteiger partial charge in [0.1, 0.15) is 11.3 Å². The number of nitrogens with one attached hydrogen (secondary N) is 1. The van der Waals surface area contributed by atoms with E-state index in [1.165, 1.54) is 12.8 Å². The zero-order valence-electron chi connectivity index (χ0n) is 23.2. The lowest BCUT2D eigenvalue weighted by Gasteiger charge is -2.34. The van der Waals surface area contributed by atoms with Crippen molar-refractivity contribution in [3.63, 3.8) is 0 Å². The van der Waals surface area contributed by atoms with Crippen molar-refractivity contribution in [2.75, 3.05) is 64.4 Å². The molecule has 7 rings (SSSR count). The number of ether oxygens (including phenoxy) is 1. The SMILES string of the molecule is CN1CCN(CCCOc2nc(N3CC4CCC(C3)N4)c3ccc(-c4cccc5ccccc45)c(F)c3n2)CC1. The Morgan fingerprint density at radius 2 is 1.65 bits per heavy atom. The van der Waals surface area contributed by atoms with E-state index in [0.717, 1.165) is 79.8 Å². The van der Waals surface area contributed by atoms with Gasteiger partial charge in [0.05, 0.1) is 6.61 Å². The molecule has 4 heterocycles. The molecule has 2 bridgehead atoms. The third-order valence-corrected chi connectivity index (χ3v) is 8.81. The summed E-state index contributed by atoms with van der Waals surface area (Å²) in [4.78, 5) is 16.7. The highest BCUT2D eigenvalue weighted by Crippen LogP contribution is 2.37. The summed E-state index contributed by atoms with van der Waals surface area (Å²) >= 11 is 0. The molecule has 0 saturated carbocycles.